The van der Waals surface area contributed by atoms with E-state index in [0.717, 1.165) is 24.1 Å². The molecule has 1 aliphatic heterocycles. The van der Waals surface area contributed by atoms with Crippen molar-refractivity contribution in [3.05, 3.63) is 83.8 Å². The second-order valence-electron chi connectivity index (χ2n) is 7.14. The number of esters is 1. The van der Waals surface area contributed by atoms with E-state index < -0.39 is 12.1 Å². The zero-order valence-electron chi connectivity index (χ0n) is 16.7. The molecule has 6 heteroatoms. The van der Waals surface area contributed by atoms with E-state index in [9.17, 15) is 9.59 Å². The Bertz CT molecular complexity index is 1030. The first-order chi connectivity index (χ1) is 14.6. The number of ether oxygens (including phenoxy) is 2. The molecule has 0 spiro atoms. The molecule has 1 unspecified atom stereocenters. The maximum atomic E-state index is 12.9. The van der Waals surface area contributed by atoms with Crippen LogP contribution in [0.5, 0.6) is 5.75 Å². The van der Waals surface area contributed by atoms with E-state index in [4.69, 9.17) is 13.9 Å². The summed E-state index contributed by atoms with van der Waals surface area (Å²) in [5.74, 6) is 0.330. The number of carbonyl (C=O) groups is 2. The summed E-state index contributed by atoms with van der Waals surface area (Å²) < 4.78 is 16.5. The summed E-state index contributed by atoms with van der Waals surface area (Å²) in [4.78, 5) is 27.0. The van der Waals surface area contributed by atoms with Gasteiger partial charge in [0.25, 0.3) is 5.91 Å². The summed E-state index contributed by atoms with van der Waals surface area (Å²) in [6, 6.07) is 20.3. The Morgan fingerprint density at radius 3 is 2.63 bits per heavy atom. The van der Waals surface area contributed by atoms with Crippen LogP contribution in [0.2, 0.25) is 0 Å². The zero-order valence-corrected chi connectivity index (χ0v) is 16.7. The SMILES string of the molecule is CC(OC(=O)c1ccc(COc2ccccc2)o1)C(=O)N1CCCc2ccccc21. The lowest BCUT2D eigenvalue weighted by atomic mass is 10.0. The van der Waals surface area contributed by atoms with Gasteiger partial charge in [-0.25, -0.2) is 4.79 Å². The van der Waals surface area contributed by atoms with Crippen molar-refractivity contribution in [1.29, 1.82) is 0 Å². The van der Waals surface area contributed by atoms with Crippen molar-refractivity contribution in [2.45, 2.75) is 32.5 Å². The number of carbonyl (C=O) groups excluding carboxylic acids is 2. The van der Waals surface area contributed by atoms with Crippen LogP contribution >= 0.6 is 0 Å². The van der Waals surface area contributed by atoms with Crippen LogP contribution in [-0.4, -0.2) is 24.5 Å². The Morgan fingerprint density at radius 2 is 1.80 bits per heavy atom. The van der Waals surface area contributed by atoms with Crippen molar-refractivity contribution in [2.24, 2.45) is 0 Å². The van der Waals surface area contributed by atoms with Gasteiger partial charge >= 0.3 is 5.97 Å². The minimum Gasteiger partial charge on any atom is -0.486 e. The van der Waals surface area contributed by atoms with E-state index in [0.29, 0.717) is 18.1 Å². The van der Waals surface area contributed by atoms with Crippen molar-refractivity contribution < 1.29 is 23.5 Å². The molecule has 3 aromatic rings. The number of anilines is 1. The molecular formula is C24H23NO5. The highest BCUT2D eigenvalue weighted by Gasteiger charge is 2.29. The third kappa shape index (κ3) is 4.38. The molecule has 6 nitrogen and oxygen atoms in total. The van der Waals surface area contributed by atoms with Crippen LogP contribution in [0.4, 0.5) is 5.69 Å². The van der Waals surface area contributed by atoms with Gasteiger partial charge < -0.3 is 18.8 Å². The van der Waals surface area contributed by atoms with Gasteiger partial charge in [0.05, 0.1) is 0 Å². The van der Waals surface area contributed by atoms with Crippen molar-refractivity contribution in [3.63, 3.8) is 0 Å². The fourth-order valence-electron chi connectivity index (χ4n) is 3.49. The molecule has 30 heavy (non-hydrogen) atoms. The number of hydrogen-bond donors (Lipinski definition) is 0. The lowest BCUT2D eigenvalue weighted by molar-refractivity contribution is -0.126. The average Bonchev–Trinajstić information content (AvgIpc) is 3.27. The van der Waals surface area contributed by atoms with Gasteiger partial charge in [-0.05, 0) is 55.7 Å². The first-order valence-corrected chi connectivity index (χ1v) is 9.98. The number of nitrogens with zero attached hydrogens (tertiary/aromatic N) is 1. The quantitative estimate of drug-likeness (QED) is 0.569. The first-order valence-electron chi connectivity index (χ1n) is 9.98. The number of aryl methyl sites for hydroxylation is 1. The standard InChI is InChI=1S/C24H23NO5/c1-17(23(26)25-15-7-9-18-8-5-6-12-21(18)25)29-24(27)22-14-13-20(30-22)16-28-19-10-3-2-4-11-19/h2-6,8,10-14,17H,7,9,15-16H2,1H3. The summed E-state index contributed by atoms with van der Waals surface area (Å²) in [6.45, 7) is 2.38. The van der Waals surface area contributed by atoms with Gasteiger partial charge in [-0.15, -0.1) is 0 Å². The van der Waals surface area contributed by atoms with E-state index in [1.807, 2.05) is 54.6 Å². The third-order valence-corrected chi connectivity index (χ3v) is 4.99. The number of benzene rings is 2. The minimum atomic E-state index is -0.919. The summed E-state index contributed by atoms with van der Waals surface area (Å²) in [5, 5.41) is 0. The van der Waals surface area contributed by atoms with Crippen LogP contribution in [0.15, 0.2) is 71.1 Å². The number of hydrogen-bond acceptors (Lipinski definition) is 5. The Balaban J connectivity index is 1.36. The third-order valence-electron chi connectivity index (χ3n) is 4.99. The molecule has 0 bridgehead atoms. The minimum absolute atomic E-state index is 0.0420. The molecule has 1 amide bonds. The highest BCUT2D eigenvalue weighted by molar-refractivity contribution is 5.99. The molecule has 0 N–H and O–H groups in total. The van der Waals surface area contributed by atoms with Crippen molar-refractivity contribution >= 4 is 17.6 Å². The Hall–Kier alpha value is -3.54. The molecule has 0 fully saturated rings. The predicted molar refractivity (Wildman–Crippen MR) is 111 cm³/mol. The van der Waals surface area contributed by atoms with Gasteiger partial charge in [0.15, 0.2) is 6.10 Å². The second kappa shape index (κ2) is 8.86. The average molecular weight is 405 g/mol. The Kier molecular flexibility index (Phi) is 5.84. The largest absolute Gasteiger partial charge is 0.486 e. The normalized spacial score (nSPS) is 14.0. The van der Waals surface area contributed by atoms with Crippen LogP contribution in [-0.2, 0) is 22.6 Å². The monoisotopic (exact) mass is 405 g/mol. The molecule has 0 saturated carbocycles. The lowest BCUT2D eigenvalue weighted by Gasteiger charge is -2.31. The summed E-state index contributed by atoms with van der Waals surface area (Å²) in [7, 11) is 0. The van der Waals surface area contributed by atoms with Gasteiger partial charge in [0.1, 0.15) is 18.1 Å². The number of rotatable bonds is 6. The number of amides is 1. The number of furan rings is 1. The topological polar surface area (TPSA) is 69.0 Å². The van der Waals surface area contributed by atoms with Gasteiger partial charge in [0, 0.05) is 12.2 Å². The van der Waals surface area contributed by atoms with Crippen LogP contribution in [0.3, 0.4) is 0 Å². The zero-order chi connectivity index (χ0) is 20.9. The van der Waals surface area contributed by atoms with E-state index in [2.05, 4.69) is 0 Å². The molecule has 1 atom stereocenters. The molecule has 1 aromatic heterocycles. The highest BCUT2D eigenvalue weighted by atomic mass is 16.6. The molecule has 154 valence electrons. The van der Waals surface area contributed by atoms with Gasteiger partial charge in [-0.2, -0.15) is 0 Å². The van der Waals surface area contributed by atoms with Crippen molar-refractivity contribution in [3.8, 4) is 5.75 Å². The van der Waals surface area contributed by atoms with Crippen molar-refractivity contribution in [2.75, 3.05) is 11.4 Å². The summed E-state index contributed by atoms with van der Waals surface area (Å²) in [5.41, 5.74) is 2.01. The Morgan fingerprint density at radius 1 is 1.03 bits per heavy atom. The van der Waals surface area contributed by atoms with Gasteiger partial charge in [-0.1, -0.05) is 36.4 Å². The molecular weight excluding hydrogens is 382 g/mol. The molecule has 1 aliphatic rings. The van der Waals surface area contributed by atoms with Crippen LogP contribution in [0.1, 0.15) is 35.2 Å². The molecule has 2 heterocycles. The lowest BCUT2D eigenvalue weighted by Crippen LogP contribution is -2.42. The Labute approximate surface area is 175 Å². The summed E-state index contributed by atoms with van der Waals surface area (Å²) >= 11 is 0. The van der Waals surface area contributed by atoms with E-state index in [1.165, 1.54) is 6.07 Å². The fourth-order valence-corrected chi connectivity index (χ4v) is 3.49. The molecule has 0 saturated heterocycles. The van der Waals surface area contributed by atoms with Crippen LogP contribution in [0.25, 0.3) is 0 Å². The smallest absolute Gasteiger partial charge is 0.375 e. The van der Waals surface area contributed by atoms with Gasteiger partial charge in [0.2, 0.25) is 5.76 Å². The maximum Gasteiger partial charge on any atom is 0.375 e. The van der Waals surface area contributed by atoms with E-state index >= 15 is 0 Å². The van der Waals surface area contributed by atoms with E-state index in [1.54, 1.807) is 17.9 Å². The molecule has 0 aliphatic carbocycles. The summed E-state index contributed by atoms with van der Waals surface area (Å²) in [6.07, 6.45) is 0.901. The number of fused-ring (bicyclic) bond motifs is 1. The van der Waals surface area contributed by atoms with Crippen LogP contribution in [0, 0.1) is 0 Å². The molecule has 4 rings (SSSR count). The van der Waals surface area contributed by atoms with Crippen molar-refractivity contribution in [1.82, 2.24) is 0 Å². The maximum absolute atomic E-state index is 12.9. The fraction of sp³-hybridized carbons (Fsp3) is 0.250. The molecule has 2 aromatic carbocycles. The molecule has 0 radical (unpaired) electrons. The number of para-hydroxylation sites is 2. The van der Waals surface area contributed by atoms with E-state index in [-0.39, 0.29) is 18.3 Å². The van der Waals surface area contributed by atoms with Crippen LogP contribution < -0.4 is 9.64 Å². The predicted octanol–water partition coefficient (Wildman–Crippen LogP) is 4.38. The highest BCUT2D eigenvalue weighted by Crippen LogP contribution is 2.27. The first kappa shape index (κ1) is 19.8. The van der Waals surface area contributed by atoms with Gasteiger partial charge in [-0.3, -0.25) is 4.79 Å². The second-order valence-corrected chi connectivity index (χ2v) is 7.14.